The van der Waals surface area contributed by atoms with Gasteiger partial charge >= 0.3 is 0 Å². The number of benzene rings is 1. The van der Waals surface area contributed by atoms with Gasteiger partial charge < -0.3 is 9.84 Å². The molecule has 118 valence electrons. The highest BCUT2D eigenvalue weighted by molar-refractivity contribution is 7.89. The molecule has 21 heavy (non-hydrogen) atoms. The minimum atomic E-state index is -3.63. The zero-order valence-electron chi connectivity index (χ0n) is 12.3. The zero-order valence-corrected chi connectivity index (χ0v) is 13.2. The number of hydrogen-bond donors (Lipinski definition) is 2. The van der Waals surface area contributed by atoms with Crippen LogP contribution in [0.15, 0.2) is 29.2 Å². The van der Waals surface area contributed by atoms with E-state index in [4.69, 9.17) is 4.74 Å². The molecule has 0 heterocycles. The number of methoxy groups -OCH3 is 1. The number of rotatable bonds is 5. The Morgan fingerprint density at radius 3 is 2.52 bits per heavy atom. The van der Waals surface area contributed by atoms with Gasteiger partial charge in [-0.05, 0) is 25.0 Å². The molecule has 0 aromatic heterocycles. The summed E-state index contributed by atoms with van der Waals surface area (Å²) in [7, 11) is -2.14. The van der Waals surface area contributed by atoms with Crippen molar-refractivity contribution in [2.24, 2.45) is 0 Å². The Morgan fingerprint density at radius 2 is 1.90 bits per heavy atom. The van der Waals surface area contributed by atoms with Gasteiger partial charge in [0.2, 0.25) is 10.0 Å². The van der Waals surface area contributed by atoms with Crippen LogP contribution in [0.3, 0.4) is 0 Å². The summed E-state index contributed by atoms with van der Waals surface area (Å²) in [6, 6.07) is 6.31. The van der Waals surface area contributed by atoms with Gasteiger partial charge in [-0.1, -0.05) is 31.7 Å². The molecular weight excluding hydrogens is 290 g/mol. The summed E-state index contributed by atoms with van der Waals surface area (Å²) in [6.45, 7) is 0.0620. The van der Waals surface area contributed by atoms with Crippen LogP contribution in [0.4, 0.5) is 0 Å². The first-order chi connectivity index (χ1) is 9.95. The Bertz CT molecular complexity index is 563. The monoisotopic (exact) mass is 313 g/mol. The second kappa shape index (κ2) is 6.77. The maximum atomic E-state index is 12.3. The molecule has 5 nitrogen and oxygen atoms in total. The lowest BCUT2D eigenvalue weighted by Gasteiger charge is -2.26. The van der Waals surface area contributed by atoms with Crippen LogP contribution >= 0.6 is 0 Å². The first-order valence-electron chi connectivity index (χ1n) is 7.31. The van der Waals surface area contributed by atoms with E-state index in [1.54, 1.807) is 12.1 Å². The molecule has 0 saturated heterocycles. The smallest absolute Gasteiger partial charge is 0.240 e. The Morgan fingerprint density at radius 1 is 1.24 bits per heavy atom. The van der Waals surface area contributed by atoms with E-state index in [1.807, 2.05) is 0 Å². The molecule has 0 unspecified atom stereocenters. The summed E-state index contributed by atoms with van der Waals surface area (Å²) in [4.78, 5) is 0.152. The van der Waals surface area contributed by atoms with E-state index in [0.29, 0.717) is 18.6 Å². The second-order valence-electron chi connectivity index (χ2n) is 5.64. The van der Waals surface area contributed by atoms with Crippen molar-refractivity contribution in [1.29, 1.82) is 0 Å². The molecule has 1 saturated carbocycles. The standard InChI is InChI=1S/C15H23NO4S/c1-20-13-7-6-8-14(11-13)21(18,19)16-12-15(17)9-4-2-3-5-10-15/h6-8,11,16-17H,2-5,9-10,12H2,1H3. The van der Waals surface area contributed by atoms with E-state index in [2.05, 4.69) is 4.72 Å². The first kappa shape index (κ1) is 16.3. The first-order valence-corrected chi connectivity index (χ1v) is 8.80. The lowest BCUT2D eigenvalue weighted by molar-refractivity contribution is 0.0303. The molecule has 6 heteroatoms. The van der Waals surface area contributed by atoms with Crippen LogP contribution in [-0.4, -0.2) is 32.8 Å². The SMILES string of the molecule is COc1cccc(S(=O)(=O)NCC2(O)CCCCCC2)c1. The van der Waals surface area contributed by atoms with Gasteiger partial charge in [0.05, 0.1) is 17.6 Å². The fraction of sp³-hybridized carbons (Fsp3) is 0.600. The van der Waals surface area contributed by atoms with Crippen LogP contribution in [0.2, 0.25) is 0 Å². The van der Waals surface area contributed by atoms with Gasteiger partial charge in [-0.15, -0.1) is 0 Å². The summed E-state index contributed by atoms with van der Waals surface area (Å²) < 4.78 is 32.2. The van der Waals surface area contributed by atoms with Crippen molar-refractivity contribution >= 4 is 10.0 Å². The van der Waals surface area contributed by atoms with Crippen molar-refractivity contribution in [3.63, 3.8) is 0 Å². The van der Waals surface area contributed by atoms with Crippen LogP contribution in [0.5, 0.6) is 5.75 Å². The van der Waals surface area contributed by atoms with Crippen LogP contribution in [-0.2, 0) is 10.0 Å². The number of ether oxygens (including phenoxy) is 1. The number of sulfonamides is 1. The van der Waals surface area contributed by atoms with E-state index in [0.717, 1.165) is 25.7 Å². The molecule has 0 aliphatic heterocycles. The van der Waals surface area contributed by atoms with Crippen LogP contribution in [0.25, 0.3) is 0 Å². The van der Waals surface area contributed by atoms with Gasteiger partial charge in [0, 0.05) is 12.6 Å². The van der Waals surface area contributed by atoms with Crippen LogP contribution in [0, 0.1) is 0 Å². The maximum Gasteiger partial charge on any atom is 0.240 e. The normalized spacial score (nSPS) is 19.0. The van der Waals surface area contributed by atoms with E-state index >= 15 is 0 Å². The molecule has 0 amide bonds. The van der Waals surface area contributed by atoms with Crippen molar-refractivity contribution < 1.29 is 18.3 Å². The van der Waals surface area contributed by atoms with Crippen molar-refractivity contribution in [2.45, 2.75) is 49.0 Å². The van der Waals surface area contributed by atoms with E-state index in [-0.39, 0.29) is 11.4 Å². The number of hydrogen-bond acceptors (Lipinski definition) is 4. The van der Waals surface area contributed by atoms with Gasteiger partial charge in [0.1, 0.15) is 5.75 Å². The maximum absolute atomic E-state index is 12.3. The van der Waals surface area contributed by atoms with Gasteiger partial charge in [-0.2, -0.15) is 0 Å². The molecule has 1 aromatic carbocycles. The lowest BCUT2D eigenvalue weighted by atomic mass is 9.95. The minimum Gasteiger partial charge on any atom is -0.497 e. The Labute approximate surface area is 126 Å². The molecule has 1 aromatic rings. The summed E-state index contributed by atoms with van der Waals surface area (Å²) in [5.74, 6) is 0.492. The van der Waals surface area contributed by atoms with Crippen molar-refractivity contribution in [2.75, 3.05) is 13.7 Å². The van der Waals surface area contributed by atoms with Gasteiger partial charge in [-0.25, -0.2) is 13.1 Å². The molecule has 0 radical (unpaired) electrons. The topological polar surface area (TPSA) is 75.6 Å². The highest BCUT2D eigenvalue weighted by Crippen LogP contribution is 2.27. The van der Waals surface area contributed by atoms with E-state index in [9.17, 15) is 13.5 Å². The summed E-state index contributed by atoms with van der Waals surface area (Å²) >= 11 is 0. The highest BCUT2D eigenvalue weighted by Gasteiger charge is 2.30. The zero-order chi connectivity index (χ0) is 15.3. The fourth-order valence-electron chi connectivity index (χ4n) is 2.64. The van der Waals surface area contributed by atoms with Crippen molar-refractivity contribution in [1.82, 2.24) is 4.72 Å². The average Bonchev–Trinajstić information content (AvgIpc) is 2.71. The summed E-state index contributed by atoms with van der Waals surface area (Å²) in [6.07, 6.45) is 5.38. The molecule has 0 bridgehead atoms. The number of nitrogens with one attached hydrogen (secondary N) is 1. The van der Waals surface area contributed by atoms with E-state index < -0.39 is 15.6 Å². The molecule has 1 fully saturated rings. The molecular formula is C15H23NO4S. The van der Waals surface area contributed by atoms with Gasteiger partial charge in [0.25, 0.3) is 0 Å². The van der Waals surface area contributed by atoms with Crippen LogP contribution < -0.4 is 9.46 Å². The quantitative estimate of drug-likeness (QED) is 0.816. The molecule has 2 rings (SSSR count). The molecule has 2 N–H and O–H groups in total. The Balaban J connectivity index is 2.06. The predicted molar refractivity (Wildman–Crippen MR) is 80.8 cm³/mol. The highest BCUT2D eigenvalue weighted by atomic mass is 32.2. The summed E-state index contributed by atoms with van der Waals surface area (Å²) in [5, 5.41) is 10.5. The minimum absolute atomic E-state index is 0.0620. The third-order valence-electron chi connectivity index (χ3n) is 3.98. The average molecular weight is 313 g/mol. The lowest BCUT2D eigenvalue weighted by Crippen LogP contribution is -2.42. The van der Waals surface area contributed by atoms with Crippen LogP contribution in [0.1, 0.15) is 38.5 Å². The molecule has 0 atom stereocenters. The largest absolute Gasteiger partial charge is 0.497 e. The predicted octanol–water partition coefficient (Wildman–Crippen LogP) is 2.06. The van der Waals surface area contributed by atoms with E-state index in [1.165, 1.54) is 19.2 Å². The molecule has 1 aliphatic carbocycles. The summed E-state index contributed by atoms with van der Waals surface area (Å²) in [5.41, 5.74) is -0.928. The molecule has 1 aliphatic rings. The van der Waals surface area contributed by atoms with Gasteiger partial charge in [-0.3, -0.25) is 0 Å². The third-order valence-corrected chi connectivity index (χ3v) is 5.38. The Hall–Kier alpha value is -1.11. The third kappa shape index (κ3) is 4.43. The Kier molecular flexibility index (Phi) is 5.24. The van der Waals surface area contributed by atoms with Gasteiger partial charge in [0.15, 0.2) is 0 Å². The van der Waals surface area contributed by atoms with Crippen molar-refractivity contribution in [3.05, 3.63) is 24.3 Å². The number of aliphatic hydroxyl groups is 1. The van der Waals surface area contributed by atoms with Crippen molar-refractivity contribution in [3.8, 4) is 5.75 Å². The molecule has 0 spiro atoms. The fourth-order valence-corrected chi connectivity index (χ4v) is 3.80. The second-order valence-corrected chi connectivity index (χ2v) is 7.41.